The first-order chi connectivity index (χ1) is 11.6. The van der Waals surface area contributed by atoms with Gasteiger partial charge in [0.05, 0.1) is 6.04 Å². The van der Waals surface area contributed by atoms with Crippen molar-refractivity contribution < 1.29 is 24.2 Å². The molecule has 0 radical (unpaired) electrons. The molecule has 2 aromatic carbocycles. The molecule has 0 saturated heterocycles. The lowest BCUT2D eigenvalue weighted by Crippen LogP contribution is -2.42. The van der Waals surface area contributed by atoms with Gasteiger partial charge >= 0.3 is 12.1 Å². The first-order valence-electron chi connectivity index (χ1n) is 7.57. The lowest BCUT2D eigenvalue weighted by atomic mass is 9.91. The molecule has 1 aliphatic heterocycles. The van der Waals surface area contributed by atoms with Gasteiger partial charge in [-0.25, -0.2) is 4.79 Å². The topological polar surface area (TPSA) is 84.9 Å². The largest absolute Gasteiger partial charge is 0.492 e. The Bertz CT molecular complexity index is 731. The van der Waals surface area contributed by atoms with E-state index in [4.69, 9.17) is 9.47 Å². The second-order valence-corrected chi connectivity index (χ2v) is 5.48. The van der Waals surface area contributed by atoms with E-state index in [0.717, 1.165) is 5.56 Å². The lowest BCUT2D eigenvalue weighted by Gasteiger charge is -2.31. The molecular weight excluding hydrogens is 310 g/mol. The molecule has 24 heavy (non-hydrogen) atoms. The summed E-state index contributed by atoms with van der Waals surface area (Å²) in [5, 5.41) is 12.0. The van der Waals surface area contributed by atoms with Crippen LogP contribution in [-0.2, 0) is 16.1 Å². The predicted octanol–water partition coefficient (Wildman–Crippen LogP) is 2.75. The summed E-state index contributed by atoms with van der Waals surface area (Å²) in [6.07, 6.45) is -0.660. The number of carbonyl (C=O) groups is 2. The quantitative estimate of drug-likeness (QED) is 0.902. The molecule has 2 aromatic rings. The van der Waals surface area contributed by atoms with Crippen molar-refractivity contribution >= 4 is 12.1 Å². The average molecular weight is 327 g/mol. The van der Waals surface area contributed by atoms with Crippen LogP contribution in [0.2, 0.25) is 0 Å². The fourth-order valence-electron chi connectivity index (χ4n) is 2.65. The number of hydrogen-bond acceptors (Lipinski definition) is 4. The SMILES string of the molecule is O=C(N[C@@H]1c2ccccc2OC[C@@H]1C(=O)O)OCc1ccccc1. The first kappa shape index (κ1) is 15.9. The standard InChI is InChI=1S/C18H17NO5/c20-17(21)14-11-23-15-9-5-4-8-13(15)16(14)19-18(22)24-10-12-6-2-1-3-7-12/h1-9,14,16H,10-11H2,(H,19,22)(H,20,21)/t14-,16+/m0/s1. The predicted molar refractivity (Wildman–Crippen MR) is 85.6 cm³/mol. The monoisotopic (exact) mass is 327 g/mol. The van der Waals surface area contributed by atoms with Crippen molar-refractivity contribution in [2.45, 2.75) is 12.6 Å². The van der Waals surface area contributed by atoms with E-state index in [1.807, 2.05) is 30.3 Å². The number of carboxylic acids is 1. The fourth-order valence-corrected chi connectivity index (χ4v) is 2.65. The summed E-state index contributed by atoms with van der Waals surface area (Å²) in [4.78, 5) is 23.6. The first-order valence-corrected chi connectivity index (χ1v) is 7.57. The molecule has 2 atom stereocenters. The minimum Gasteiger partial charge on any atom is -0.492 e. The van der Waals surface area contributed by atoms with Gasteiger partial charge in [-0.1, -0.05) is 48.5 Å². The van der Waals surface area contributed by atoms with Crippen LogP contribution < -0.4 is 10.1 Å². The lowest BCUT2D eigenvalue weighted by molar-refractivity contribution is -0.144. The van der Waals surface area contributed by atoms with Crippen LogP contribution in [0.3, 0.4) is 0 Å². The fraction of sp³-hybridized carbons (Fsp3) is 0.222. The van der Waals surface area contributed by atoms with Gasteiger partial charge in [0.25, 0.3) is 0 Å². The Morgan fingerprint density at radius 1 is 1.12 bits per heavy atom. The molecule has 1 amide bonds. The number of alkyl carbamates (subject to hydrolysis) is 1. The number of nitrogens with one attached hydrogen (secondary N) is 1. The molecule has 3 rings (SSSR count). The molecule has 124 valence electrons. The molecule has 0 fully saturated rings. The van der Waals surface area contributed by atoms with Gasteiger partial charge in [0.1, 0.15) is 24.9 Å². The third-order valence-electron chi connectivity index (χ3n) is 3.88. The van der Waals surface area contributed by atoms with Gasteiger partial charge in [0.2, 0.25) is 0 Å². The zero-order valence-electron chi connectivity index (χ0n) is 12.8. The van der Waals surface area contributed by atoms with E-state index in [2.05, 4.69) is 5.32 Å². The zero-order chi connectivity index (χ0) is 16.9. The Kier molecular flexibility index (Phi) is 4.65. The average Bonchev–Trinajstić information content (AvgIpc) is 2.61. The van der Waals surface area contributed by atoms with E-state index >= 15 is 0 Å². The van der Waals surface area contributed by atoms with Crippen molar-refractivity contribution in [3.8, 4) is 5.75 Å². The second kappa shape index (κ2) is 7.04. The van der Waals surface area contributed by atoms with Gasteiger partial charge in [0.15, 0.2) is 0 Å². The number of benzene rings is 2. The smallest absolute Gasteiger partial charge is 0.407 e. The van der Waals surface area contributed by atoms with E-state index in [0.29, 0.717) is 11.3 Å². The third-order valence-corrected chi connectivity index (χ3v) is 3.88. The maximum Gasteiger partial charge on any atom is 0.407 e. The number of carbonyl (C=O) groups excluding carboxylic acids is 1. The summed E-state index contributed by atoms with van der Waals surface area (Å²) in [6.45, 7) is 0.116. The Morgan fingerprint density at radius 3 is 2.58 bits per heavy atom. The van der Waals surface area contributed by atoms with Crippen molar-refractivity contribution in [3.05, 3.63) is 65.7 Å². The third kappa shape index (κ3) is 3.48. The van der Waals surface area contributed by atoms with E-state index < -0.39 is 24.0 Å². The Hall–Kier alpha value is -3.02. The highest BCUT2D eigenvalue weighted by molar-refractivity contribution is 5.75. The highest BCUT2D eigenvalue weighted by Gasteiger charge is 2.37. The molecule has 6 heteroatoms. The maximum atomic E-state index is 12.1. The van der Waals surface area contributed by atoms with Crippen molar-refractivity contribution in [2.24, 2.45) is 5.92 Å². The summed E-state index contributed by atoms with van der Waals surface area (Å²) < 4.78 is 10.7. The number of para-hydroxylation sites is 1. The molecule has 6 nitrogen and oxygen atoms in total. The Morgan fingerprint density at radius 2 is 1.83 bits per heavy atom. The molecule has 2 N–H and O–H groups in total. The molecule has 0 aliphatic carbocycles. The second-order valence-electron chi connectivity index (χ2n) is 5.48. The number of rotatable bonds is 4. The van der Waals surface area contributed by atoms with E-state index in [1.165, 1.54) is 0 Å². The van der Waals surface area contributed by atoms with Crippen LogP contribution in [-0.4, -0.2) is 23.8 Å². The Balaban J connectivity index is 1.71. The van der Waals surface area contributed by atoms with Gasteiger partial charge in [-0.15, -0.1) is 0 Å². The molecular formula is C18H17NO5. The maximum absolute atomic E-state index is 12.1. The molecule has 0 unspecified atom stereocenters. The van der Waals surface area contributed by atoms with Gasteiger partial charge < -0.3 is 19.9 Å². The van der Waals surface area contributed by atoms with Gasteiger partial charge in [-0.3, -0.25) is 4.79 Å². The van der Waals surface area contributed by atoms with Crippen LogP contribution in [0.1, 0.15) is 17.2 Å². The molecule has 0 aromatic heterocycles. The van der Waals surface area contributed by atoms with E-state index in [9.17, 15) is 14.7 Å². The number of amides is 1. The van der Waals surface area contributed by atoms with Crippen molar-refractivity contribution in [1.29, 1.82) is 0 Å². The van der Waals surface area contributed by atoms with Crippen LogP contribution >= 0.6 is 0 Å². The number of ether oxygens (including phenoxy) is 2. The van der Waals surface area contributed by atoms with Crippen molar-refractivity contribution in [3.63, 3.8) is 0 Å². The molecule has 1 aliphatic rings. The molecule has 1 heterocycles. The molecule has 0 spiro atoms. The highest BCUT2D eigenvalue weighted by Crippen LogP contribution is 2.35. The van der Waals surface area contributed by atoms with Gasteiger partial charge in [-0.2, -0.15) is 0 Å². The summed E-state index contributed by atoms with van der Waals surface area (Å²) in [5.41, 5.74) is 1.49. The van der Waals surface area contributed by atoms with Crippen LogP contribution in [0.15, 0.2) is 54.6 Å². The summed E-state index contributed by atoms with van der Waals surface area (Å²) in [5.74, 6) is -1.33. The number of fused-ring (bicyclic) bond motifs is 1. The zero-order valence-corrected chi connectivity index (χ0v) is 12.8. The number of carboxylic acid groups (broad SMARTS) is 1. The highest BCUT2D eigenvalue weighted by atomic mass is 16.5. The molecule has 0 bridgehead atoms. The van der Waals surface area contributed by atoms with Crippen molar-refractivity contribution in [2.75, 3.05) is 6.61 Å². The number of hydrogen-bond donors (Lipinski definition) is 2. The summed E-state index contributed by atoms with van der Waals surface area (Å²) >= 11 is 0. The van der Waals surface area contributed by atoms with Crippen LogP contribution in [0.5, 0.6) is 5.75 Å². The van der Waals surface area contributed by atoms with E-state index in [1.54, 1.807) is 24.3 Å². The van der Waals surface area contributed by atoms with Crippen molar-refractivity contribution in [1.82, 2.24) is 5.32 Å². The Labute approximate surface area is 139 Å². The van der Waals surface area contributed by atoms with Gasteiger partial charge in [-0.05, 0) is 11.6 Å². The van der Waals surface area contributed by atoms with Crippen LogP contribution in [0.4, 0.5) is 4.79 Å². The number of aliphatic carboxylic acids is 1. The summed E-state index contributed by atoms with van der Waals surface area (Å²) in [6, 6.07) is 15.6. The minimum absolute atomic E-state index is 0.00399. The van der Waals surface area contributed by atoms with Gasteiger partial charge in [0, 0.05) is 5.56 Å². The minimum atomic E-state index is -1.03. The molecule has 0 saturated carbocycles. The summed E-state index contributed by atoms with van der Waals surface area (Å²) in [7, 11) is 0. The van der Waals surface area contributed by atoms with Crippen LogP contribution in [0, 0.1) is 5.92 Å². The van der Waals surface area contributed by atoms with Crippen LogP contribution in [0.25, 0.3) is 0 Å². The van der Waals surface area contributed by atoms with E-state index in [-0.39, 0.29) is 13.2 Å². The normalized spacial score (nSPS) is 18.8.